The van der Waals surface area contributed by atoms with Crippen molar-refractivity contribution in [2.75, 3.05) is 84.9 Å². The molecule has 1 amide bonds. The zero-order chi connectivity index (χ0) is 25.9. The molecule has 37 heavy (non-hydrogen) atoms. The summed E-state index contributed by atoms with van der Waals surface area (Å²) in [4.78, 5) is 44.1. The van der Waals surface area contributed by atoms with Crippen molar-refractivity contribution in [3.05, 3.63) is 45.4 Å². The highest BCUT2D eigenvalue weighted by molar-refractivity contribution is 7.12. The molecule has 5 rings (SSSR count). The molecule has 0 spiro atoms. The summed E-state index contributed by atoms with van der Waals surface area (Å²) in [5.41, 5.74) is -0.237. The number of fused-ring (bicyclic) bond motifs is 1. The summed E-state index contributed by atoms with van der Waals surface area (Å²) >= 11 is 1.36. The van der Waals surface area contributed by atoms with Crippen LogP contribution in [0.4, 0.5) is 10.2 Å². The SMILES string of the molecule is CN1CCN(CCCNc2nc3c(cc2F)c(=O)c(C(=O)N2CCN(C)CC2)cn3-c2nccs2)CC1. The van der Waals surface area contributed by atoms with Crippen molar-refractivity contribution in [3.63, 3.8) is 0 Å². The Morgan fingerprint density at radius 2 is 1.78 bits per heavy atom. The van der Waals surface area contributed by atoms with E-state index in [0.29, 0.717) is 24.8 Å². The summed E-state index contributed by atoms with van der Waals surface area (Å²) in [6.07, 6.45) is 4.00. The van der Waals surface area contributed by atoms with E-state index in [1.807, 2.05) is 12.4 Å². The molecule has 0 radical (unpaired) electrons. The van der Waals surface area contributed by atoms with Gasteiger partial charge in [-0.2, -0.15) is 0 Å². The van der Waals surface area contributed by atoms with Crippen LogP contribution in [0.2, 0.25) is 0 Å². The molecule has 0 bridgehead atoms. The van der Waals surface area contributed by atoms with Gasteiger partial charge < -0.3 is 24.9 Å². The zero-order valence-corrected chi connectivity index (χ0v) is 22.1. The Balaban J connectivity index is 1.41. The molecule has 2 fully saturated rings. The molecule has 0 aliphatic carbocycles. The third kappa shape index (κ3) is 5.66. The van der Waals surface area contributed by atoms with Gasteiger partial charge in [0.15, 0.2) is 22.4 Å². The van der Waals surface area contributed by atoms with Crippen LogP contribution in [0.3, 0.4) is 0 Å². The van der Waals surface area contributed by atoms with Crippen molar-refractivity contribution < 1.29 is 9.18 Å². The summed E-state index contributed by atoms with van der Waals surface area (Å²) in [6, 6.07) is 1.19. The minimum atomic E-state index is -0.612. The van der Waals surface area contributed by atoms with Crippen molar-refractivity contribution in [1.82, 2.24) is 34.1 Å². The van der Waals surface area contributed by atoms with Gasteiger partial charge in [-0.3, -0.25) is 14.2 Å². The molecule has 0 saturated carbocycles. The molecular weight excluding hydrogens is 495 g/mol. The number of hydrogen-bond acceptors (Lipinski definition) is 9. The lowest BCUT2D eigenvalue weighted by molar-refractivity contribution is 0.0662. The smallest absolute Gasteiger partial charge is 0.259 e. The maximum absolute atomic E-state index is 15.1. The second-order valence-electron chi connectivity index (χ2n) is 9.77. The first-order valence-corrected chi connectivity index (χ1v) is 13.6. The van der Waals surface area contributed by atoms with Gasteiger partial charge in [0.25, 0.3) is 5.91 Å². The number of aromatic nitrogens is 3. The van der Waals surface area contributed by atoms with Crippen LogP contribution >= 0.6 is 11.3 Å². The maximum Gasteiger partial charge on any atom is 0.259 e. The summed E-state index contributed by atoms with van der Waals surface area (Å²) in [7, 11) is 4.13. The van der Waals surface area contributed by atoms with E-state index in [1.54, 1.807) is 15.7 Å². The fraction of sp³-hybridized carbons (Fsp3) is 0.520. The third-order valence-corrected chi connectivity index (χ3v) is 7.89. The molecule has 2 aliphatic rings. The van der Waals surface area contributed by atoms with Gasteiger partial charge in [0.2, 0.25) is 5.43 Å². The second kappa shape index (κ2) is 11.2. The Kier molecular flexibility index (Phi) is 7.79. The monoisotopic (exact) mass is 528 g/mol. The van der Waals surface area contributed by atoms with E-state index >= 15 is 4.39 Å². The number of hydrogen-bond donors (Lipinski definition) is 1. The number of nitrogens with one attached hydrogen (secondary N) is 1. The van der Waals surface area contributed by atoms with Crippen LogP contribution < -0.4 is 10.7 Å². The van der Waals surface area contributed by atoms with E-state index in [0.717, 1.165) is 52.2 Å². The highest BCUT2D eigenvalue weighted by atomic mass is 32.1. The van der Waals surface area contributed by atoms with Gasteiger partial charge in [-0.05, 0) is 33.1 Å². The van der Waals surface area contributed by atoms with E-state index in [4.69, 9.17) is 0 Å². The number of carbonyl (C=O) groups is 1. The van der Waals surface area contributed by atoms with E-state index in [1.165, 1.54) is 23.6 Å². The summed E-state index contributed by atoms with van der Waals surface area (Å²) < 4.78 is 16.8. The van der Waals surface area contributed by atoms with Crippen LogP contribution in [0.1, 0.15) is 16.8 Å². The molecule has 0 atom stereocenters. The molecule has 5 heterocycles. The number of nitrogens with zero attached hydrogens (tertiary/aromatic N) is 7. The average molecular weight is 529 g/mol. The average Bonchev–Trinajstić information content (AvgIpc) is 3.43. The van der Waals surface area contributed by atoms with E-state index in [2.05, 4.69) is 37.0 Å². The topological polar surface area (TPSA) is 89.8 Å². The van der Waals surface area contributed by atoms with Crippen LogP contribution in [-0.4, -0.2) is 120 Å². The van der Waals surface area contributed by atoms with E-state index < -0.39 is 11.2 Å². The number of piperazine rings is 2. The molecule has 1 N–H and O–H groups in total. The number of rotatable bonds is 7. The Hall–Kier alpha value is -2.93. The van der Waals surface area contributed by atoms with Crippen molar-refractivity contribution in [2.45, 2.75) is 6.42 Å². The lowest BCUT2D eigenvalue weighted by atomic mass is 10.1. The quantitative estimate of drug-likeness (QED) is 0.461. The van der Waals surface area contributed by atoms with Crippen molar-refractivity contribution in [3.8, 4) is 5.13 Å². The number of thiazole rings is 1. The summed E-state index contributed by atoms with van der Waals surface area (Å²) in [5, 5.41) is 5.53. The first kappa shape index (κ1) is 25.7. The highest BCUT2D eigenvalue weighted by Gasteiger charge is 2.26. The minimum Gasteiger partial charge on any atom is -0.368 e. The lowest BCUT2D eigenvalue weighted by Gasteiger charge is -2.32. The van der Waals surface area contributed by atoms with Gasteiger partial charge in [-0.25, -0.2) is 14.4 Å². The highest BCUT2D eigenvalue weighted by Crippen LogP contribution is 2.23. The summed E-state index contributed by atoms with van der Waals surface area (Å²) in [5.74, 6) is -0.871. The fourth-order valence-corrected chi connectivity index (χ4v) is 5.36. The molecule has 0 unspecified atom stereocenters. The molecule has 10 nitrogen and oxygen atoms in total. The summed E-state index contributed by atoms with van der Waals surface area (Å²) in [6.45, 7) is 8.22. The number of likely N-dealkylation sites (N-methyl/N-ethyl adjacent to an activating group) is 2. The predicted octanol–water partition coefficient (Wildman–Crippen LogP) is 1.42. The molecule has 2 saturated heterocycles. The van der Waals surface area contributed by atoms with Gasteiger partial charge in [-0.15, -0.1) is 11.3 Å². The second-order valence-corrected chi connectivity index (χ2v) is 10.6. The van der Waals surface area contributed by atoms with Crippen LogP contribution in [-0.2, 0) is 0 Å². The van der Waals surface area contributed by atoms with E-state index in [9.17, 15) is 9.59 Å². The van der Waals surface area contributed by atoms with Crippen LogP contribution in [0.5, 0.6) is 0 Å². The van der Waals surface area contributed by atoms with Gasteiger partial charge in [0.1, 0.15) is 5.56 Å². The fourth-order valence-electron chi connectivity index (χ4n) is 4.74. The minimum absolute atomic E-state index is 0.00124. The van der Waals surface area contributed by atoms with Crippen LogP contribution in [0.15, 0.2) is 28.6 Å². The largest absolute Gasteiger partial charge is 0.368 e. The standard InChI is InChI=1S/C25H33FN8O2S/c1-30-7-11-32(12-8-30)6-3-4-27-22-20(26)16-18-21(35)19(24(36)33-13-9-31(2)10-14-33)17-34(23(18)29-22)25-28-5-15-37-25/h5,15-17H,3-4,6-14H2,1-2H3,(H,27,29). The Morgan fingerprint density at radius 3 is 2.46 bits per heavy atom. The normalized spacial score (nSPS) is 18.0. The number of pyridine rings is 2. The molecule has 3 aromatic rings. The Labute approximate surface area is 219 Å². The molecule has 12 heteroatoms. The van der Waals surface area contributed by atoms with Crippen LogP contribution in [0, 0.1) is 5.82 Å². The van der Waals surface area contributed by atoms with Gasteiger partial charge in [-0.1, -0.05) is 0 Å². The molecule has 3 aromatic heterocycles. The predicted molar refractivity (Wildman–Crippen MR) is 143 cm³/mol. The number of carbonyl (C=O) groups excluding carboxylic acids is 1. The third-order valence-electron chi connectivity index (χ3n) is 7.12. The van der Waals surface area contributed by atoms with Gasteiger partial charge in [0, 0.05) is 76.7 Å². The molecule has 2 aliphatic heterocycles. The van der Waals surface area contributed by atoms with Gasteiger partial charge in [0.05, 0.1) is 5.39 Å². The first-order chi connectivity index (χ1) is 17.9. The number of halogens is 1. The number of anilines is 1. The lowest BCUT2D eigenvalue weighted by Crippen LogP contribution is -2.48. The zero-order valence-electron chi connectivity index (χ0n) is 21.3. The number of amides is 1. The Morgan fingerprint density at radius 1 is 1.08 bits per heavy atom. The van der Waals surface area contributed by atoms with Gasteiger partial charge >= 0.3 is 0 Å². The molecule has 0 aromatic carbocycles. The van der Waals surface area contributed by atoms with Crippen LogP contribution in [0.25, 0.3) is 16.2 Å². The Bertz CT molecular complexity index is 1300. The van der Waals surface area contributed by atoms with E-state index in [-0.39, 0.29) is 28.3 Å². The van der Waals surface area contributed by atoms with Crippen molar-refractivity contribution in [2.24, 2.45) is 0 Å². The molecule has 198 valence electrons. The molecular formula is C25H33FN8O2S. The maximum atomic E-state index is 15.1. The first-order valence-electron chi connectivity index (χ1n) is 12.7. The van der Waals surface area contributed by atoms with Crippen molar-refractivity contribution in [1.29, 1.82) is 0 Å². The van der Waals surface area contributed by atoms with Crippen molar-refractivity contribution >= 4 is 34.1 Å².